The normalized spacial score (nSPS) is 14.2. The summed E-state index contributed by atoms with van der Waals surface area (Å²) in [4.78, 5) is 0.646. The molecule has 2 rings (SSSR count). The maximum Gasteiger partial charge on any atom is 0.0701 e. The van der Waals surface area contributed by atoms with Gasteiger partial charge in [-0.1, -0.05) is 65.7 Å². The number of hydrogen-bond acceptors (Lipinski definition) is 2. The Bertz CT molecular complexity index is 231. The molecule has 1 aliphatic heterocycles. The SMILES string of the molecule is C1COCCO1.CC(C)Br.Cc1ccccc1. The van der Waals surface area contributed by atoms with Crippen molar-refractivity contribution in [3.05, 3.63) is 35.9 Å². The highest BCUT2D eigenvalue weighted by atomic mass is 79.9. The predicted octanol–water partition coefficient (Wildman–Crippen LogP) is 3.82. The number of aryl methyl sites for hydroxylation is 1. The first kappa shape index (κ1) is 16.6. The number of alkyl halides is 1. The zero-order valence-corrected chi connectivity index (χ0v) is 12.6. The van der Waals surface area contributed by atoms with Crippen LogP contribution in [0.1, 0.15) is 19.4 Å². The summed E-state index contributed by atoms with van der Waals surface area (Å²) < 4.78 is 9.89. The summed E-state index contributed by atoms with van der Waals surface area (Å²) in [7, 11) is 0. The van der Waals surface area contributed by atoms with Gasteiger partial charge in [0.05, 0.1) is 26.4 Å². The summed E-state index contributed by atoms with van der Waals surface area (Å²) in [6.45, 7) is 9.36. The van der Waals surface area contributed by atoms with E-state index < -0.39 is 0 Å². The molecule has 0 radical (unpaired) electrons. The third-order valence-electron chi connectivity index (χ3n) is 1.68. The molecule has 1 fully saturated rings. The van der Waals surface area contributed by atoms with Crippen LogP contribution >= 0.6 is 15.9 Å². The fraction of sp³-hybridized carbons (Fsp3) is 0.571. The van der Waals surface area contributed by atoms with E-state index in [-0.39, 0.29) is 0 Å². The molecule has 1 heterocycles. The molecular formula is C14H23BrO2. The van der Waals surface area contributed by atoms with Gasteiger partial charge in [0, 0.05) is 4.83 Å². The van der Waals surface area contributed by atoms with Gasteiger partial charge in [-0.2, -0.15) is 0 Å². The maximum absolute atomic E-state index is 4.94. The smallest absolute Gasteiger partial charge is 0.0701 e. The van der Waals surface area contributed by atoms with Crippen molar-refractivity contribution < 1.29 is 9.47 Å². The van der Waals surface area contributed by atoms with Gasteiger partial charge < -0.3 is 9.47 Å². The lowest BCUT2D eigenvalue weighted by Gasteiger charge is -2.09. The number of benzene rings is 1. The monoisotopic (exact) mass is 302 g/mol. The van der Waals surface area contributed by atoms with Gasteiger partial charge in [0.25, 0.3) is 0 Å². The summed E-state index contributed by atoms with van der Waals surface area (Å²) in [6.07, 6.45) is 0. The van der Waals surface area contributed by atoms with Crippen molar-refractivity contribution in [1.82, 2.24) is 0 Å². The van der Waals surface area contributed by atoms with Crippen molar-refractivity contribution in [1.29, 1.82) is 0 Å². The first-order valence-corrected chi connectivity index (χ1v) is 6.85. The Morgan fingerprint density at radius 2 is 1.29 bits per heavy atom. The topological polar surface area (TPSA) is 18.5 Å². The van der Waals surface area contributed by atoms with E-state index in [2.05, 4.69) is 48.8 Å². The fourth-order valence-corrected chi connectivity index (χ4v) is 0.974. The van der Waals surface area contributed by atoms with Crippen LogP contribution in [0.4, 0.5) is 0 Å². The lowest BCUT2D eigenvalue weighted by molar-refractivity contribution is -0.0334. The minimum absolute atomic E-state index is 0.646. The standard InChI is InChI=1S/C7H8.C4H8O2.C3H7Br/c1-7-5-3-2-4-6-7;1-2-6-4-3-5-1;1-3(2)4/h2-6H,1H3;1-4H2;3H,1-2H3. The van der Waals surface area contributed by atoms with E-state index in [1.165, 1.54) is 5.56 Å². The van der Waals surface area contributed by atoms with E-state index in [1.54, 1.807) is 0 Å². The van der Waals surface area contributed by atoms with Crippen LogP contribution in [-0.2, 0) is 9.47 Å². The van der Waals surface area contributed by atoms with Gasteiger partial charge in [0.15, 0.2) is 0 Å². The van der Waals surface area contributed by atoms with E-state index in [0.29, 0.717) is 4.83 Å². The third-order valence-corrected chi connectivity index (χ3v) is 1.68. The van der Waals surface area contributed by atoms with E-state index in [9.17, 15) is 0 Å². The van der Waals surface area contributed by atoms with E-state index in [4.69, 9.17) is 9.47 Å². The Kier molecular flexibility index (Phi) is 11.8. The zero-order chi connectivity index (χ0) is 12.9. The second-order valence-corrected chi connectivity index (χ2v) is 5.72. The molecule has 0 aliphatic carbocycles. The molecule has 0 saturated carbocycles. The van der Waals surface area contributed by atoms with Crippen LogP contribution in [-0.4, -0.2) is 31.3 Å². The second kappa shape index (κ2) is 12.1. The third kappa shape index (κ3) is 15.6. The molecule has 1 saturated heterocycles. The molecule has 0 spiro atoms. The van der Waals surface area contributed by atoms with Crippen LogP contribution in [0, 0.1) is 6.92 Å². The molecule has 0 aromatic heterocycles. The average Bonchev–Trinajstić information content (AvgIpc) is 2.32. The molecule has 1 aliphatic rings. The molecule has 1 aromatic carbocycles. The van der Waals surface area contributed by atoms with Gasteiger partial charge in [-0.05, 0) is 6.92 Å². The summed E-state index contributed by atoms with van der Waals surface area (Å²) >= 11 is 3.27. The van der Waals surface area contributed by atoms with Gasteiger partial charge >= 0.3 is 0 Å². The number of ether oxygens (including phenoxy) is 2. The van der Waals surface area contributed by atoms with E-state index in [1.807, 2.05) is 18.2 Å². The molecule has 0 bridgehead atoms. The number of rotatable bonds is 0. The van der Waals surface area contributed by atoms with E-state index >= 15 is 0 Å². The van der Waals surface area contributed by atoms with Crippen LogP contribution < -0.4 is 0 Å². The van der Waals surface area contributed by atoms with Gasteiger partial charge in [-0.15, -0.1) is 0 Å². The first-order valence-electron chi connectivity index (χ1n) is 5.94. The van der Waals surface area contributed by atoms with Crippen LogP contribution in [0.5, 0.6) is 0 Å². The van der Waals surface area contributed by atoms with Crippen molar-refractivity contribution in [2.75, 3.05) is 26.4 Å². The second-order valence-electron chi connectivity index (χ2n) is 3.89. The van der Waals surface area contributed by atoms with Crippen molar-refractivity contribution in [3.63, 3.8) is 0 Å². The summed E-state index contributed by atoms with van der Waals surface area (Å²) in [5.41, 5.74) is 1.32. The number of hydrogen-bond donors (Lipinski definition) is 0. The molecule has 0 atom stereocenters. The quantitative estimate of drug-likeness (QED) is 0.678. The lowest BCUT2D eigenvalue weighted by atomic mass is 10.2. The Labute approximate surface area is 113 Å². The van der Waals surface area contributed by atoms with Gasteiger partial charge in [0.2, 0.25) is 0 Å². The summed E-state index contributed by atoms with van der Waals surface area (Å²) in [5, 5.41) is 0. The predicted molar refractivity (Wildman–Crippen MR) is 76.9 cm³/mol. The maximum atomic E-state index is 4.94. The lowest BCUT2D eigenvalue weighted by Crippen LogP contribution is -2.16. The molecule has 0 amide bonds. The summed E-state index contributed by atoms with van der Waals surface area (Å²) in [5.74, 6) is 0. The Morgan fingerprint density at radius 3 is 1.47 bits per heavy atom. The molecule has 1 aromatic rings. The highest BCUT2D eigenvalue weighted by Crippen LogP contribution is 1.92. The fourth-order valence-electron chi connectivity index (χ4n) is 0.974. The molecular weight excluding hydrogens is 280 g/mol. The van der Waals surface area contributed by atoms with Crippen LogP contribution in [0.25, 0.3) is 0 Å². The zero-order valence-electron chi connectivity index (χ0n) is 11.0. The molecule has 0 N–H and O–H groups in total. The molecule has 2 nitrogen and oxygen atoms in total. The highest BCUT2D eigenvalue weighted by molar-refractivity contribution is 9.09. The Balaban J connectivity index is 0.000000236. The highest BCUT2D eigenvalue weighted by Gasteiger charge is 1.94. The first-order chi connectivity index (χ1) is 8.13. The van der Waals surface area contributed by atoms with Crippen LogP contribution in [0.15, 0.2) is 30.3 Å². The minimum Gasteiger partial charge on any atom is -0.377 e. The summed E-state index contributed by atoms with van der Waals surface area (Å²) in [6, 6.07) is 10.3. The molecule has 0 unspecified atom stereocenters. The van der Waals surface area contributed by atoms with E-state index in [0.717, 1.165) is 26.4 Å². The number of halogens is 1. The van der Waals surface area contributed by atoms with Gasteiger partial charge in [-0.3, -0.25) is 0 Å². The van der Waals surface area contributed by atoms with Crippen molar-refractivity contribution in [2.24, 2.45) is 0 Å². The molecule has 17 heavy (non-hydrogen) atoms. The molecule has 3 heteroatoms. The largest absolute Gasteiger partial charge is 0.377 e. The molecule has 98 valence electrons. The van der Waals surface area contributed by atoms with Crippen molar-refractivity contribution >= 4 is 15.9 Å². The average molecular weight is 303 g/mol. The van der Waals surface area contributed by atoms with Crippen LogP contribution in [0.3, 0.4) is 0 Å². The van der Waals surface area contributed by atoms with Crippen molar-refractivity contribution in [3.8, 4) is 0 Å². The van der Waals surface area contributed by atoms with Gasteiger partial charge in [-0.25, -0.2) is 0 Å². The minimum atomic E-state index is 0.646. The Morgan fingerprint density at radius 1 is 0.941 bits per heavy atom. The van der Waals surface area contributed by atoms with Crippen LogP contribution in [0.2, 0.25) is 0 Å². The van der Waals surface area contributed by atoms with Gasteiger partial charge in [0.1, 0.15) is 0 Å². The Hall–Kier alpha value is -0.380. The van der Waals surface area contributed by atoms with Crippen molar-refractivity contribution in [2.45, 2.75) is 25.6 Å².